The van der Waals surface area contributed by atoms with Gasteiger partial charge in [0.25, 0.3) is 5.91 Å². The standard InChI is InChI=1S/C25H30N2O5S/c1-5-25(4,15-33(30)31)26-22(28)16-9-12-21-20(13-16)24(2,3)23(29)27(21)17-7-6-8-19(14-17)32-18-10-11-18/h6-9,12-14,18H,5,10-11,15H2,1-4H3,(H,26,28)(H,30,31)/p-1. The van der Waals surface area contributed by atoms with Crippen LogP contribution >= 0.6 is 0 Å². The van der Waals surface area contributed by atoms with Crippen LogP contribution in [0.3, 0.4) is 0 Å². The van der Waals surface area contributed by atoms with Crippen molar-refractivity contribution >= 4 is 34.3 Å². The summed E-state index contributed by atoms with van der Waals surface area (Å²) in [7, 11) is 0. The van der Waals surface area contributed by atoms with Crippen LogP contribution in [0.25, 0.3) is 0 Å². The average molecular weight is 470 g/mol. The highest BCUT2D eigenvalue weighted by Crippen LogP contribution is 2.46. The van der Waals surface area contributed by atoms with Crippen LogP contribution in [0.1, 0.15) is 62.9 Å². The van der Waals surface area contributed by atoms with Gasteiger partial charge in [-0.05, 0) is 75.9 Å². The molecule has 0 saturated heterocycles. The molecule has 0 radical (unpaired) electrons. The Labute approximate surface area is 196 Å². The van der Waals surface area contributed by atoms with Crippen LogP contribution < -0.4 is 15.0 Å². The summed E-state index contributed by atoms with van der Waals surface area (Å²) in [6.07, 6.45) is 2.83. The van der Waals surface area contributed by atoms with Crippen molar-refractivity contribution in [2.75, 3.05) is 10.7 Å². The molecule has 0 spiro atoms. The van der Waals surface area contributed by atoms with Gasteiger partial charge >= 0.3 is 0 Å². The molecular formula is C25H29N2O5S-. The Bertz CT molecular complexity index is 1130. The summed E-state index contributed by atoms with van der Waals surface area (Å²) in [5, 5.41) is 2.85. The van der Waals surface area contributed by atoms with Crippen LogP contribution in [0.15, 0.2) is 42.5 Å². The average Bonchev–Trinajstić information content (AvgIpc) is 3.54. The molecule has 1 fully saturated rings. The number of amides is 2. The third-order valence-electron chi connectivity index (χ3n) is 6.45. The Morgan fingerprint density at radius 3 is 2.64 bits per heavy atom. The first kappa shape index (κ1) is 23.4. The topological polar surface area (TPSA) is 98.8 Å². The number of nitrogens with zero attached hydrogens (tertiary/aromatic N) is 1. The maximum Gasteiger partial charge on any atom is 0.251 e. The molecule has 2 aromatic carbocycles. The number of benzene rings is 2. The number of carbonyl (C=O) groups is 2. The predicted molar refractivity (Wildman–Crippen MR) is 127 cm³/mol. The van der Waals surface area contributed by atoms with Crippen LogP contribution in [0.4, 0.5) is 11.4 Å². The van der Waals surface area contributed by atoms with E-state index in [1.54, 1.807) is 30.0 Å². The molecule has 33 heavy (non-hydrogen) atoms. The third kappa shape index (κ3) is 4.68. The molecule has 1 N–H and O–H groups in total. The van der Waals surface area contributed by atoms with Crippen molar-refractivity contribution in [3.63, 3.8) is 0 Å². The number of rotatable bonds is 8. The number of nitrogens with one attached hydrogen (secondary N) is 1. The Hall–Kier alpha value is -2.71. The molecule has 1 heterocycles. The first-order valence-corrected chi connectivity index (χ1v) is 12.4. The van der Waals surface area contributed by atoms with Gasteiger partial charge in [0, 0.05) is 22.9 Å². The maximum atomic E-state index is 13.4. The number of ether oxygens (including phenoxy) is 1. The molecule has 4 rings (SSSR count). The molecule has 0 bridgehead atoms. The highest BCUT2D eigenvalue weighted by Gasteiger charge is 2.45. The monoisotopic (exact) mass is 469 g/mol. The highest BCUT2D eigenvalue weighted by atomic mass is 32.2. The van der Waals surface area contributed by atoms with Crippen molar-refractivity contribution in [1.82, 2.24) is 5.32 Å². The van der Waals surface area contributed by atoms with Gasteiger partial charge in [-0.2, -0.15) is 0 Å². The molecule has 176 valence electrons. The number of anilines is 2. The molecule has 8 heteroatoms. The van der Waals surface area contributed by atoms with Gasteiger partial charge < -0.3 is 14.6 Å². The molecule has 0 aromatic heterocycles. The molecular weight excluding hydrogens is 440 g/mol. The molecule has 1 aliphatic heterocycles. The van der Waals surface area contributed by atoms with Gasteiger partial charge in [-0.25, -0.2) is 0 Å². The van der Waals surface area contributed by atoms with Crippen molar-refractivity contribution in [2.24, 2.45) is 0 Å². The zero-order valence-electron chi connectivity index (χ0n) is 19.3. The van der Waals surface area contributed by atoms with E-state index < -0.39 is 22.0 Å². The lowest BCUT2D eigenvalue weighted by Crippen LogP contribution is -2.49. The Balaban J connectivity index is 1.65. The Kier molecular flexibility index (Phi) is 6.09. The van der Waals surface area contributed by atoms with Gasteiger partial charge in [-0.3, -0.25) is 18.7 Å². The summed E-state index contributed by atoms with van der Waals surface area (Å²) in [6.45, 7) is 7.23. The number of fused-ring (bicyclic) bond motifs is 1. The number of hydrogen-bond donors (Lipinski definition) is 1. The second-order valence-electron chi connectivity index (χ2n) is 9.63. The van der Waals surface area contributed by atoms with E-state index in [0.29, 0.717) is 12.0 Å². The van der Waals surface area contributed by atoms with Crippen LogP contribution in [0.5, 0.6) is 5.75 Å². The van der Waals surface area contributed by atoms with Crippen molar-refractivity contribution in [1.29, 1.82) is 0 Å². The summed E-state index contributed by atoms with van der Waals surface area (Å²) < 4.78 is 28.3. The van der Waals surface area contributed by atoms with Gasteiger partial charge in [-0.1, -0.05) is 24.1 Å². The quantitative estimate of drug-likeness (QED) is 0.590. The Morgan fingerprint density at radius 1 is 1.27 bits per heavy atom. The molecule has 2 unspecified atom stereocenters. The predicted octanol–water partition coefficient (Wildman–Crippen LogP) is 3.96. The summed E-state index contributed by atoms with van der Waals surface area (Å²) in [5.41, 5.74) is 0.881. The van der Waals surface area contributed by atoms with Crippen molar-refractivity contribution in [2.45, 2.75) is 64.0 Å². The third-order valence-corrected chi connectivity index (χ3v) is 7.32. The van der Waals surface area contributed by atoms with E-state index in [9.17, 15) is 18.4 Å². The fourth-order valence-electron chi connectivity index (χ4n) is 4.04. The lowest BCUT2D eigenvalue weighted by molar-refractivity contribution is -0.121. The molecule has 2 aromatic rings. The van der Waals surface area contributed by atoms with Crippen LogP contribution in [0, 0.1) is 0 Å². The van der Waals surface area contributed by atoms with E-state index in [1.807, 2.05) is 45.0 Å². The number of hydrogen-bond acceptors (Lipinski definition) is 5. The highest BCUT2D eigenvalue weighted by molar-refractivity contribution is 7.79. The molecule has 2 atom stereocenters. The van der Waals surface area contributed by atoms with Crippen LogP contribution in [0.2, 0.25) is 0 Å². The first-order chi connectivity index (χ1) is 15.5. The molecule has 1 saturated carbocycles. The second kappa shape index (κ2) is 8.57. The summed E-state index contributed by atoms with van der Waals surface area (Å²) in [4.78, 5) is 28.1. The minimum absolute atomic E-state index is 0.0845. The molecule has 1 aliphatic carbocycles. The van der Waals surface area contributed by atoms with Gasteiger partial charge in [0.1, 0.15) is 5.75 Å². The van der Waals surface area contributed by atoms with E-state index >= 15 is 0 Å². The summed E-state index contributed by atoms with van der Waals surface area (Å²) in [5.74, 6) is 0.115. The zero-order valence-corrected chi connectivity index (χ0v) is 20.2. The van der Waals surface area contributed by atoms with Crippen LogP contribution in [-0.4, -0.2) is 38.0 Å². The summed E-state index contributed by atoms with van der Waals surface area (Å²) in [6, 6.07) is 12.7. The van der Waals surface area contributed by atoms with Gasteiger partial charge in [0.15, 0.2) is 0 Å². The van der Waals surface area contributed by atoms with E-state index in [1.165, 1.54) is 0 Å². The maximum absolute atomic E-state index is 13.4. The van der Waals surface area contributed by atoms with E-state index in [4.69, 9.17) is 4.74 Å². The molecule has 2 amide bonds. The smallest absolute Gasteiger partial charge is 0.251 e. The molecule has 7 nitrogen and oxygen atoms in total. The van der Waals surface area contributed by atoms with Crippen molar-refractivity contribution < 1.29 is 23.1 Å². The SMILES string of the molecule is CCC(C)(CS(=O)[O-])NC(=O)c1ccc2c(c1)C(C)(C)C(=O)N2c1cccc(OC2CC2)c1. The fraction of sp³-hybridized carbons (Fsp3) is 0.440. The van der Waals surface area contributed by atoms with E-state index in [-0.39, 0.29) is 23.7 Å². The van der Waals surface area contributed by atoms with Crippen molar-refractivity contribution in [3.05, 3.63) is 53.6 Å². The van der Waals surface area contributed by atoms with E-state index in [2.05, 4.69) is 5.32 Å². The van der Waals surface area contributed by atoms with Gasteiger partial charge in [-0.15, -0.1) is 0 Å². The normalized spacial score (nSPS) is 19.5. The van der Waals surface area contributed by atoms with Crippen LogP contribution in [-0.2, 0) is 21.3 Å². The minimum atomic E-state index is -2.28. The second-order valence-corrected chi connectivity index (χ2v) is 10.5. The Morgan fingerprint density at radius 2 is 2.00 bits per heavy atom. The fourth-order valence-corrected chi connectivity index (χ4v) is 4.84. The minimum Gasteiger partial charge on any atom is -0.772 e. The van der Waals surface area contributed by atoms with Gasteiger partial charge in [0.2, 0.25) is 5.91 Å². The number of carbonyl (C=O) groups excluding carboxylic acids is 2. The summed E-state index contributed by atoms with van der Waals surface area (Å²) >= 11 is -2.28. The van der Waals surface area contributed by atoms with Crippen molar-refractivity contribution in [3.8, 4) is 5.75 Å². The van der Waals surface area contributed by atoms with Gasteiger partial charge in [0.05, 0.1) is 22.9 Å². The first-order valence-electron chi connectivity index (χ1n) is 11.2. The lowest BCUT2D eigenvalue weighted by Gasteiger charge is -2.30. The largest absolute Gasteiger partial charge is 0.772 e. The van der Waals surface area contributed by atoms with E-state index in [0.717, 1.165) is 35.5 Å². The lowest BCUT2D eigenvalue weighted by atomic mass is 9.85. The molecule has 2 aliphatic rings. The zero-order chi connectivity index (χ0) is 24.0.